The highest BCUT2D eigenvalue weighted by Crippen LogP contribution is 2.39. The van der Waals surface area contributed by atoms with Gasteiger partial charge in [-0.05, 0) is 50.2 Å². The van der Waals surface area contributed by atoms with E-state index in [9.17, 15) is 19.6 Å². The largest absolute Gasteiger partial charge is 0.336 e. The lowest BCUT2D eigenvalue weighted by Crippen LogP contribution is -2.56. The number of hydrogen-bond acceptors (Lipinski definition) is 4. The van der Waals surface area contributed by atoms with Gasteiger partial charge in [-0.2, -0.15) is 5.26 Å². The van der Waals surface area contributed by atoms with Crippen LogP contribution in [0.1, 0.15) is 60.7 Å². The van der Waals surface area contributed by atoms with Crippen LogP contribution in [-0.4, -0.2) is 34.2 Å². The van der Waals surface area contributed by atoms with Crippen molar-refractivity contribution in [3.63, 3.8) is 0 Å². The lowest BCUT2D eigenvalue weighted by atomic mass is 9.95. The summed E-state index contributed by atoms with van der Waals surface area (Å²) in [5, 5.41) is 12.3. The number of carbonyl (C=O) groups excluding carboxylic acids is 3. The Morgan fingerprint density at radius 1 is 1.27 bits per heavy atom. The molecule has 1 aromatic carbocycles. The second-order valence-electron chi connectivity index (χ2n) is 7.75. The molecule has 1 N–H and O–H groups in total. The third-order valence-electron chi connectivity index (χ3n) is 5.14. The van der Waals surface area contributed by atoms with Gasteiger partial charge in [-0.1, -0.05) is 26.0 Å². The zero-order valence-electron chi connectivity index (χ0n) is 15.3. The van der Waals surface area contributed by atoms with Gasteiger partial charge < -0.3 is 5.32 Å². The van der Waals surface area contributed by atoms with Gasteiger partial charge in [0.25, 0.3) is 11.8 Å². The molecule has 1 fully saturated rings. The van der Waals surface area contributed by atoms with Crippen LogP contribution in [0.5, 0.6) is 0 Å². The summed E-state index contributed by atoms with van der Waals surface area (Å²) in [6, 6.07) is 7.87. The summed E-state index contributed by atoms with van der Waals surface area (Å²) in [6.07, 6.45) is 2.14. The molecule has 1 heterocycles. The van der Waals surface area contributed by atoms with Gasteiger partial charge in [0, 0.05) is 0 Å². The van der Waals surface area contributed by atoms with E-state index in [0.29, 0.717) is 17.5 Å². The van der Waals surface area contributed by atoms with Crippen molar-refractivity contribution >= 4 is 17.7 Å². The number of imide groups is 1. The maximum atomic E-state index is 13.0. The Morgan fingerprint density at radius 2 is 1.81 bits per heavy atom. The molecule has 6 nitrogen and oxygen atoms in total. The number of hydrogen-bond donors (Lipinski definition) is 1. The maximum absolute atomic E-state index is 13.0. The first-order valence-corrected chi connectivity index (χ1v) is 8.98. The second kappa shape index (κ2) is 6.56. The number of nitrogens with one attached hydrogen (secondary N) is 1. The lowest BCUT2D eigenvalue weighted by molar-refractivity contribution is -0.127. The van der Waals surface area contributed by atoms with E-state index in [2.05, 4.69) is 11.4 Å². The minimum Gasteiger partial charge on any atom is -0.336 e. The second-order valence-corrected chi connectivity index (χ2v) is 7.75. The molecular formula is C20H23N3O3. The van der Waals surface area contributed by atoms with E-state index in [1.54, 1.807) is 31.2 Å². The number of nitriles is 1. The summed E-state index contributed by atoms with van der Waals surface area (Å²) in [7, 11) is 0. The van der Waals surface area contributed by atoms with Crippen LogP contribution in [0, 0.1) is 23.2 Å². The van der Waals surface area contributed by atoms with Crippen molar-refractivity contribution in [2.45, 2.75) is 51.6 Å². The fraction of sp³-hybridized carbons (Fsp3) is 0.500. The smallest absolute Gasteiger partial charge is 0.262 e. The molecule has 1 aliphatic heterocycles. The molecule has 0 spiro atoms. The highest BCUT2D eigenvalue weighted by Gasteiger charge is 2.47. The summed E-state index contributed by atoms with van der Waals surface area (Å²) in [5.41, 5.74) is -0.320. The van der Waals surface area contributed by atoms with Gasteiger partial charge in [0.2, 0.25) is 5.91 Å². The van der Waals surface area contributed by atoms with Crippen LogP contribution in [0.3, 0.4) is 0 Å². The molecule has 0 radical (unpaired) electrons. The van der Waals surface area contributed by atoms with E-state index < -0.39 is 29.3 Å². The van der Waals surface area contributed by atoms with E-state index >= 15 is 0 Å². The molecule has 0 bridgehead atoms. The van der Waals surface area contributed by atoms with Crippen molar-refractivity contribution < 1.29 is 14.4 Å². The normalized spacial score (nSPS) is 19.7. The van der Waals surface area contributed by atoms with Crippen LogP contribution in [-0.2, 0) is 4.79 Å². The average molecular weight is 353 g/mol. The molecule has 2 atom stereocenters. The predicted molar refractivity (Wildman–Crippen MR) is 95.1 cm³/mol. The van der Waals surface area contributed by atoms with Gasteiger partial charge in [0.15, 0.2) is 0 Å². The van der Waals surface area contributed by atoms with Gasteiger partial charge in [-0.3, -0.25) is 19.3 Å². The highest BCUT2D eigenvalue weighted by atomic mass is 16.2. The molecule has 26 heavy (non-hydrogen) atoms. The van der Waals surface area contributed by atoms with Gasteiger partial charge in [-0.15, -0.1) is 0 Å². The van der Waals surface area contributed by atoms with Crippen LogP contribution in [0.2, 0.25) is 0 Å². The van der Waals surface area contributed by atoms with Gasteiger partial charge >= 0.3 is 0 Å². The fourth-order valence-electron chi connectivity index (χ4n) is 3.49. The first-order chi connectivity index (χ1) is 12.3. The van der Waals surface area contributed by atoms with Crippen LogP contribution in [0.4, 0.5) is 0 Å². The van der Waals surface area contributed by atoms with Crippen LogP contribution in [0.15, 0.2) is 24.3 Å². The number of nitrogens with zero attached hydrogens (tertiary/aromatic N) is 2. The van der Waals surface area contributed by atoms with Crippen molar-refractivity contribution in [1.29, 1.82) is 5.26 Å². The van der Waals surface area contributed by atoms with Crippen LogP contribution >= 0.6 is 0 Å². The maximum Gasteiger partial charge on any atom is 0.262 e. The van der Waals surface area contributed by atoms with Gasteiger partial charge in [-0.25, -0.2) is 0 Å². The summed E-state index contributed by atoms with van der Waals surface area (Å²) in [4.78, 5) is 39.6. The summed E-state index contributed by atoms with van der Waals surface area (Å²) in [5.74, 6) is -1.11. The molecule has 1 saturated carbocycles. The molecule has 6 heteroatoms. The standard InChI is InChI=1S/C20H23N3O3/c1-12(2)10-16(17(24)22-20(3,11-21)13-8-9-13)23-18(25)14-6-4-5-7-15(14)19(23)26/h4-7,12-13,16H,8-10H2,1-3H3,(H,22,24). The number of benzene rings is 1. The van der Waals surface area contributed by atoms with Crippen molar-refractivity contribution in [2.75, 3.05) is 0 Å². The van der Waals surface area contributed by atoms with Gasteiger partial charge in [0.1, 0.15) is 11.6 Å². The number of fused-ring (bicyclic) bond motifs is 1. The Bertz CT molecular complexity index is 772. The average Bonchev–Trinajstić information content (AvgIpc) is 3.42. The third-order valence-corrected chi connectivity index (χ3v) is 5.14. The molecule has 0 aromatic heterocycles. The predicted octanol–water partition coefficient (Wildman–Crippen LogP) is 2.51. The lowest BCUT2D eigenvalue weighted by Gasteiger charge is -2.31. The molecule has 1 aliphatic carbocycles. The van der Waals surface area contributed by atoms with Crippen LogP contribution in [0.25, 0.3) is 0 Å². The quantitative estimate of drug-likeness (QED) is 0.796. The van der Waals surface area contributed by atoms with E-state index in [1.807, 2.05) is 13.8 Å². The molecule has 2 unspecified atom stereocenters. The van der Waals surface area contributed by atoms with Crippen molar-refractivity contribution in [1.82, 2.24) is 10.2 Å². The van der Waals surface area contributed by atoms with Crippen molar-refractivity contribution in [2.24, 2.45) is 11.8 Å². The zero-order chi connectivity index (χ0) is 19.1. The van der Waals surface area contributed by atoms with Gasteiger partial charge in [0.05, 0.1) is 17.2 Å². The Labute approximate surface area is 153 Å². The third kappa shape index (κ3) is 3.10. The minimum atomic E-state index is -0.967. The fourth-order valence-corrected chi connectivity index (χ4v) is 3.49. The molecule has 1 aromatic rings. The van der Waals surface area contributed by atoms with E-state index in [-0.39, 0.29) is 11.8 Å². The number of amides is 3. The minimum absolute atomic E-state index is 0.101. The van der Waals surface area contributed by atoms with Crippen LogP contribution < -0.4 is 5.32 Å². The first kappa shape index (κ1) is 18.1. The topological polar surface area (TPSA) is 90.3 Å². The Morgan fingerprint density at radius 3 is 2.23 bits per heavy atom. The number of carbonyl (C=O) groups is 3. The SMILES string of the molecule is CC(C)CC(C(=O)NC(C)(C#N)C1CC1)N1C(=O)c2ccccc2C1=O. The molecular weight excluding hydrogens is 330 g/mol. The molecule has 3 rings (SSSR count). The van der Waals surface area contributed by atoms with Crippen molar-refractivity contribution in [3.05, 3.63) is 35.4 Å². The first-order valence-electron chi connectivity index (χ1n) is 8.98. The number of rotatable bonds is 6. The van der Waals surface area contributed by atoms with E-state index in [1.165, 1.54) is 0 Å². The summed E-state index contributed by atoms with van der Waals surface area (Å²) >= 11 is 0. The summed E-state index contributed by atoms with van der Waals surface area (Å²) < 4.78 is 0. The molecule has 0 saturated heterocycles. The Hall–Kier alpha value is -2.68. The van der Waals surface area contributed by atoms with E-state index in [0.717, 1.165) is 17.7 Å². The van der Waals surface area contributed by atoms with E-state index in [4.69, 9.17) is 0 Å². The van der Waals surface area contributed by atoms with Crippen molar-refractivity contribution in [3.8, 4) is 6.07 Å². The molecule has 2 aliphatic rings. The Kier molecular flexibility index (Phi) is 4.57. The monoisotopic (exact) mass is 353 g/mol. The zero-order valence-corrected chi connectivity index (χ0v) is 15.3. The highest BCUT2D eigenvalue weighted by molar-refractivity contribution is 6.22. The Balaban J connectivity index is 1.90. The molecule has 3 amide bonds. The molecule has 136 valence electrons. The summed E-state index contributed by atoms with van der Waals surface area (Å²) in [6.45, 7) is 5.57.